The van der Waals surface area contributed by atoms with Gasteiger partial charge in [-0.15, -0.1) is 0 Å². The molecule has 0 aliphatic rings. The van der Waals surface area contributed by atoms with E-state index in [2.05, 4.69) is 26.0 Å². The summed E-state index contributed by atoms with van der Waals surface area (Å²) < 4.78 is 15.5. The van der Waals surface area contributed by atoms with E-state index in [1.807, 2.05) is 103 Å². The average molecular weight is 492 g/mol. The average Bonchev–Trinajstić information content (AvgIpc) is 2.84. The quantitative estimate of drug-likeness (QED) is 0.352. The minimum absolute atomic E-state index is 0.416. The highest BCUT2D eigenvalue weighted by atomic mass is 79.9. The standard InChI is InChI=1S/C25H23BrN3OP/c26-20-16-17-23(28-18-20)24(27)25(19-10-4-1-5-11-19)29-31(30,21-12-6-2-7-13-21)22-14-8-3-9-15-22/h1-18,24-25H,27H2,(H,29,30). The molecule has 0 saturated heterocycles. The second-order valence-electron chi connectivity index (χ2n) is 7.22. The topological polar surface area (TPSA) is 68.0 Å². The number of nitrogens with one attached hydrogen (secondary N) is 1. The van der Waals surface area contributed by atoms with E-state index in [1.165, 1.54) is 0 Å². The predicted octanol–water partition coefficient (Wildman–Crippen LogP) is 5.10. The van der Waals surface area contributed by atoms with E-state index in [0.717, 1.165) is 26.3 Å². The molecular weight excluding hydrogens is 469 g/mol. The van der Waals surface area contributed by atoms with Gasteiger partial charge in [0.25, 0.3) is 0 Å². The van der Waals surface area contributed by atoms with Crippen LogP contribution in [0.2, 0.25) is 0 Å². The zero-order valence-electron chi connectivity index (χ0n) is 16.8. The van der Waals surface area contributed by atoms with Crippen molar-refractivity contribution < 1.29 is 4.57 Å². The lowest BCUT2D eigenvalue weighted by Gasteiger charge is -2.31. The van der Waals surface area contributed by atoms with Gasteiger partial charge < -0.3 is 5.73 Å². The maximum atomic E-state index is 14.6. The first-order chi connectivity index (χ1) is 15.1. The minimum atomic E-state index is -3.20. The first-order valence-corrected chi connectivity index (χ1v) is 12.5. The molecule has 4 nitrogen and oxygen atoms in total. The molecule has 0 amide bonds. The van der Waals surface area contributed by atoms with Crippen molar-refractivity contribution in [2.75, 3.05) is 0 Å². The lowest BCUT2D eigenvalue weighted by molar-refractivity contribution is 0.503. The van der Waals surface area contributed by atoms with Crippen LogP contribution in [0.25, 0.3) is 0 Å². The van der Waals surface area contributed by atoms with E-state index in [0.29, 0.717) is 0 Å². The van der Waals surface area contributed by atoms with Crippen molar-refractivity contribution in [1.29, 1.82) is 0 Å². The number of aromatic nitrogens is 1. The molecule has 1 heterocycles. The zero-order chi connectivity index (χ0) is 21.7. The Morgan fingerprint density at radius 3 is 1.77 bits per heavy atom. The first kappa shape index (κ1) is 21.7. The summed E-state index contributed by atoms with van der Waals surface area (Å²) in [5.74, 6) is 0. The Morgan fingerprint density at radius 1 is 0.774 bits per heavy atom. The number of benzene rings is 3. The summed E-state index contributed by atoms with van der Waals surface area (Å²) in [4.78, 5) is 4.50. The molecule has 0 aliphatic carbocycles. The zero-order valence-corrected chi connectivity index (χ0v) is 19.3. The van der Waals surface area contributed by atoms with E-state index >= 15 is 0 Å². The molecule has 2 unspecified atom stereocenters. The Morgan fingerprint density at radius 2 is 1.29 bits per heavy atom. The number of hydrogen-bond donors (Lipinski definition) is 2. The van der Waals surface area contributed by atoms with Crippen LogP contribution >= 0.6 is 23.2 Å². The van der Waals surface area contributed by atoms with Gasteiger partial charge in [0.15, 0.2) is 0 Å². The normalized spacial score (nSPS) is 13.5. The fourth-order valence-electron chi connectivity index (χ4n) is 3.55. The molecule has 0 fully saturated rings. The van der Waals surface area contributed by atoms with Crippen LogP contribution in [-0.2, 0) is 4.57 Å². The van der Waals surface area contributed by atoms with Gasteiger partial charge >= 0.3 is 0 Å². The van der Waals surface area contributed by atoms with Crippen LogP contribution in [0.1, 0.15) is 23.3 Å². The number of nitrogens with zero attached hydrogens (tertiary/aromatic N) is 1. The SMILES string of the molecule is NC(c1ccc(Br)cn1)C(NP(=O)(c1ccccc1)c1ccccc1)c1ccccc1. The molecule has 2 atom stereocenters. The van der Waals surface area contributed by atoms with Crippen molar-refractivity contribution in [3.8, 4) is 0 Å². The van der Waals surface area contributed by atoms with Gasteiger partial charge in [-0.05, 0) is 57.9 Å². The molecule has 156 valence electrons. The minimum Gasteiger partial charge on any atom is -0.321 e. The van der Waals surface area contributed by atoms with Crippen LogP contribution in [0.5, 0.6) is 0 Å². The van der Waals surface area contributed by atoms with Crippen LogP contribution < -0.4 is 21.4 Å². The lowest BCUT2D eigenvalue weighted by Crippen LogP contribution is -2.36. The Kier molecular flexibility index (Phi) is 6.79. The monoisotopic (exact) mass is 491 g/mol. The maximum Gasteiger partial charge on any atom is 0.205 e. The summed E-state index contributed by atoms with van der Waals surface area (Å²) in [6.45, 7) is 0. The highest BCUT2D eigenvalue weighted by Gasteiger charge is 2.34. The van der Waals surface area contributed by atoms with Gasteiger partial charge in [0.05, 0.1) is 17.8 Å². The number of pyridine rings is 1. The Balaban J connectivity index is 1.82. The molecule has 0 radical (unpaired) electrons. The lowest BCUT2D eigenvalue weighted by atomic mass is 9.98. The van der Waals surface area contributed by atoms with Crippen molar-refractivity contribution in [2.24, 2.45) is 5.73 Å². The Hall–Kier alpha value is -2.56. The number of rotatable bonds is 7. The van der Waals surface area contributed by atoms with Gasteiger partial charge in [0, 0.05) is 21.3 Å². The van der Waals surface area contributed by atoms with E-state index < -0.39 is 19.4 Å². The molecule has 3 aromatic carbocycles. The molecule has 1 aromatic heterocycles. The molecule has 6 heteroatoms. The molecule has 31 heavy (non-hydrogen) atoms. The summed E-state index contributed by atoms with van der Waals surface area (Å²) >= 11 is 3.42. The third-order valence-corrected chi connectivity index (χ3v) is 8.33. The highest BCUT2D eigenvalue weighted by Crippen LogP contribution is 2.44. The van der Waals surface area contributed by atoms with Gasteiger partial charge in [-0.2, -0.15) is 0 Å². The van der Waals surface area contributed by atoms with Crippen molar-refractivity contribution >= 4 is 33.8 Å². The second kappa shape index (κ2) is 9.71. The molecule has 4 aromatic rings. The third kappa shape index (κ3) is 4.86. The van der Waals surface area contributed by atoms with Crippen LogP contribution in [0.4, 0.5) is 0 Å². The van der Waals surface area contributed by atoms with Crippen LogP contribution in [-0.4, -0.2) is 4.98 Å². The fraction of sp³-hybridized carbons (Fsp3) is 0.0800. The predicted molar refractivity (Wildman–Crippen MR) is 131 cm³/mol. The Labute approximate surface area is 191 Å². The number of halogens is 1. The van der Waals surface area contributed by atoms with Gasteiger partial charge in [0.1, 0.15) is 0 Å². The number of nitrogens with two attached hydrogens (primary N) is 1. The molecule has 0 bridgehead atoms. The molecule has 0 spiro atoms. The summed E-state index contributed by atoms with van der Waals surface area (Å²) in [7, 11) is -3.20. The largest absolute Gasteiger partial charge is 0.321 e. The van der Waals surface area contributed by atoms with Crippen molar-refractivity contribution in [3.05, 3.63) is 125 Å². The smallest absolute Gasteiger partial charge is 0.205 e. The molecule has 4 rings (SSSR count). The van der Waals surface area contributed by atoms with Crippen LogP contribution in [0.15, 0.2) is 114 Å². The van der Waals surface area contributed by atoms with Crippen LogP contribution in [0, 0.1) is 0 Å². The second-order valence-corrected chi connectivity index (χ2v) is 10.7. The van der Waals surface area contributed by atoms with Crippen molar-refractivity contribution in [1.82, 2.24) is 10.1 Å². The van der Waals surface area contributed by atoms with Gasteiger partial charge in [0.2, 0.25) is 7.29 Å². The van der Waals surface area contributed by atoms with Gasteiger partial charge in [-0.1, -0.05) is 66.7 Å². The highest BCUT2D eigenvalue weighted by molar-refractivity contribution is 9.10. The summed E-state index contributed by atoms with van der Waals surface area (Å²) in [5.41, 5.74) is 8.39. The molecule has 3 N–H and O–H groups in total. The Bertz CT molecular complexity index is 1110. The first-order valence-electron chi connectivity index (χ1n) is 9.99. The van der Waals surface area contributed by atoms with Gasteiger partial charge in [-0.3, -0.25) is 14.6 Å². The summed E-state index contributed by atoms with van der Waals surface area (Å²) in [5, 5.41) is 4.94. The van der Waals surface area contributed by atoms with Crippen molar-refractivity contribution in [2.45, 2.75) is 12.1 Å². The summed E-state index contributed by atoms with van der Waals surface area (Å²) in [6.07, 6.45) is 1.73. The molecule has 0 aliphatic heterocycles. The van der Waals surface area contributed by atoms with E-state index in [1.54, 1.807) is 6.20 Å². The van der Waals surface area contributed by atoms with Crippen LogP contribution in [0.3, 0.4) is 0 Å². The van der Waals surface area contributed by atoms with E-state index in [9.17, 15) is 4.57 Å². The van der Waals surface area contributed by atoms with E-state index in [-0.39, 0.29) is 0 Å². The van der Waals surface area contributed by atoms with E-state index in [4.69, 9.17) is 5.73 Å². The molecular formula is C25H23BrN3OP. The van der Waals surface area contributed by atoms with Crippen molar-refractivity contribution in [3.63, 3.8) is 0 Å². The number of hydrogen-bond acceptors (Lipinski definition) is 3. The maximum absolute atomic E-state index is 14.6. The molecule has 0 saturated carbocycles. The fourth-order valence-corrected chi connectivity index (χ4v) is 6.26. The van der Waals surface area contributed by atoms with Gasteiger partial charge in [-0.25, -0.2) is 0 Å². The third-order valence-electron chi connectivity index (χ3n) is 5.17. The summed E-state index contributed by atoms with van der Waals surface area (Å²) in [6, 6.07) is 31.8.